The monoisotopic (exact) mass is 573 g/mol. The Labute approximate surface area is 234 Å². The molecule has 0 aliphatic heterocycles. The molecule has 0 aromatic heterocycles. The number of sulfonamides is 1. The van der Waals surface area contributed by atoms with Gasteiger partial charge in [-0.15, -0.1) is 0 Å². The minimum atomic E-state index is -3.92. The molecule has 0 spiro atoms. The third kappa shape index (κ3) is 8.28. The standard InChI is InChI=1S/C29H33ClFN3O4S/c1-20(2)32-29(36)27(17-22-10-6-5-7-11-22)33(18-23-12-8-9-13-25(23)31)28(35)19-34(39(4,37)38)26-15-14-24(30)16-21(26)3/h5-16,20,27H,17-19H2,1-4H3,(H,32,36). The highest BCUT2D eigenvalue weighted by Gasteiger charge is 2.34. The SMILES string of the molecule is Cc1cc(Cl)ccc1N(CC(=O)N(Cc1ccccc1F)C(Cc1ccccc1)C(=O)NC(C)C)S(C)(=O)=O. The van der Waals surface area contributed by atoms with Crippen LogP contribution in [-0.4, -0.2) is 50.0 Å². The lowest BCUT2D eigenvalue weighted by molar-refractivity contribution is -0.140. The van der Waals surface area contributed by atoms with Crippen LogP contribution in [0.15, 0.2) is 72.8 Å². The average molecular weight is 574 g/mol. The summed E-state index contributed by atoms with van der Waals surface area (Å²) in [5, 5.41) is 3.28. The van der Waals surface area contributed by atoms with Gasteiger partial charge in [0.05, 0.1) is 11.9 Å². The Kier molecular flexibility index (Phi) is 10.1. The van der Waals surface area contributed by atoms with Crippen LogP contribution >= 0.6 is 11.6 Å². The molecule has 2 amide bonds. The summed E-state index contributed by atoms with van der Waals surface area (Å²) in [7, 11) is -3.92. The van der Waals surface area contributed by atoms with Crippen LogP contribution in [-0.2, 0) is 32.6 Å². The molecule has 3 rings (SSSR count). The Bertz CT molecular complexity index is 1420. The minimum Gasteiger partial charge on any atom is -0.352 e. The topological polar surface area (TPSA) is 86.8 Å². The van der Waals surface area contributed by atoms with Gasteiger partial charge in [-0.05, 0) is 56.2 Å². The summed E-state index contributed by atoms with van der Waals surface area (Å²) < 4.78 is 41.5. The van der Waals surface area contributed by atoms with E-state index in [-0.39, 0.29) is 30.3 Å². The molecule has 1 unspecified atom stereocenters. The van der Waals surface area contributed by atoms with E-state index in [1.165, 1.54) is 35.2 Å². The van der Waals surface area contributed by atoms with Crippen LogP contribution in [0.2, 0.25) is 5.02 Å². The Hall–Kier alpha value is -3.43. The molecule has 7 nitrogen and oxygen atoms in total. The Morgan fingerprint density at radius 2 is 1.64 bits per heavy atom. The largest absolute Gasteiger partial charge is 0.352 e. The number of carbonyl (C=O) groups excluding carboxylic acids is 2. The number of rotatable bonds is 11. The molecule has 0 bridgehead atoms. The number of halogens is 2. The highest BCUT2D eigenvalue weighted by atomic mass is 35.5. The Morgan fingerprint density at radius 3 is 2.23 bits per heavy atom. The zero-order chi connectivity index (χ0) is 28.7. The van der Waals surface area contributed by atoms with Crippen molar-refractivity contribution in [3.05, 3.63) is 100 Å². The van der Waals surface area contributed by atoms with E-state index in [1.54, 1.807) is 32.9 Å². The number of nitrogens with zero attached hydrogens (tertiary/aromatic N) is 2. The average Bonchev–Trinajstić information content (AvgIpc) is 2.85. The van der Waals surface area contributed by atoms with Crippen molar-refractivity contribution >= 4 is 39.1 Å². The molecule has 0 radical (unpaired) electrons. The first-order valence-electron chi connectivity index (χ1n) is 12.5. The number of aryl methyl sites for hydroxylation is 1. The van der Waals surface area contributed by atoms with Crippen molar-refractivity contribution in [1.29, 1.82) is 0 Å². The molecule has 0 heterocycles. The third-order valence-corrected chi connectivity index (χ3v) is 7.47. The summed E-state index contributed by atoms with van der Waals surface area (Å²) in [5.74, 6) is -1.61. The molecule has 3 aromatic carbocycles. The molecule has 10 heteroatoms. The highest BCUT2D eigenvalue weighted by Crippen LogP contribution is 2.26. The molecular formula is C29H33ClFN3O4S. The first kappa shape index (κ1) is 30.1. The van der Waals surface area contributed by atoms with E-state index in [2.05, 4.69) is 5.32 Å². The van der Waals surface area contributed by atoms with Crippen LogP contribution in [0.1, 0.15) is 30.5 Å². The number of hydrogen-bond acceptors (Lipinski definition) is 4. The molecule has 0 saturated carbocycles. The van der Waals surface area contributed by atoms with Gasteiger partial charge in [0.15, 0.2) is 0 Å². The van der Waals surface area contributed by atoms with Crippen molar-refractivity contribution in [1.82, 2.24) is 10.2 Å². The third-order valence-electron chi connectivity index (χ3n) is 6.11. The highest BCUT2D eigenvalue weighted by molar-refractivity contribution is 7.92. The van der Waals surface area contributed by atoms with Crippen LogP contribution in [0.5, 0.6) is 0 Å². The Morgan fingerprint density at radius 1 is 1.00 bits per heavy atom. The van der Waals surface area contributed by atoms with Gasteiger partial charge >= 0.3 is 0 Å². The van der Waals surface area contributed by atoms with Crippen molar-refractivity contribution in [2.75, 3.05) is 17.1 Å². The fourth-order valence-electron chi connectivity index (χ4n) is 4.24. The number of benzene rings is 3. The van der Waals surface area contributed by atoms with Gasteiger partial charge in [0.1, 0.15) is 18.4 Å². The van der Waals surface area contributed by atoms with Gasteiger partial charge in [0.2, 0.25) is 21.8 Å². The quantitative estimate of drug-likeness (QED) is 0.360. The van der Waals surface area contributed by atoms with Crippen LogP contribution in [0.4, 0.5) is 10.1 Å². The maximum Gasteiger partial charge on any atom is 0.244 e. The van der Waals surface area contributed by atoms with Crippen molar-refractivity contribution in [2.45, 2.75) is 45.8 Å². The lowest BCUT2D eigenvalue weighted by Gasteiger charge is -2.34. The zero-order valence-electron chi connectivity index (χ0n) is 22.4. The van der Waals surface area contributed by atoms with E-state index in [9.17, 15) is 22.4 Å². The van der Waals surface area contributed by atoms with Crippen molar-refractivity contribution in [2.24, 2.45) is 0 Å². The van der Waals surface area contributed by atoms with E-state index in [4.69, 9.17) is 11.6 Å². The lowest BCUT2D eigenvalue weighted by atomic mass is 10.0. The summed E-state index contributed by atoms with van der Waals surface area (Å²) in [6, 6.07) is 18.6. The van der Waals surface area contributed by atoms with E-state index < -0.39 is 40.2 Å². The van der Waals surface area contributed by atoms with Gasteiger partial charge in [-0.1, -0.05) is 60.1 Å². The molecule has 1 atom stereocenters. The van der Waals surface area contributed by atoms with Crippen LogP contribution in [0, 0.1) is 12.7 Å². The van der Waals surface area contributed by atoms with E-state index >= 15 is 0 Å². The second-order valence-corrected chi connectivity index (χ2v) is 12.0. The first-order valence-corrected chi connectivity index (χ1v) is 14.7. The molecule has 39 heavy (non-hydrogen) atoms. The van der Waals surface area contributed by atoms with Gasteiger partial charge in [-0.3, -0.25) is 13.9 Å². The number of nitrogens with one attached hydrogen (secondary N) is 1. The van der Waals surface area contributed by atoms with Gasteiger partial charge in [0, 0.05) is 29.6 Å². The summed E-state index contributed by atoms with van der Waals surface area (Å²) in [6.07, 6.45) is 1.15. The Balaban J connectivity index is 2.08. The molecular weight excluding hydrogens is 541 g/mol. The summed E-state index contributed by atoms with van der Waals surface area (Å²) >= 11 is 6.07. The fourth-order valence-corrected chi connectivity index (χ4v) is 5.37. The van der Waals surface area contributed by atoms with Crippen LogP contribution in [0.3, 0.4) is 0 Å². The summed E-state index contributed by atoms with van der Waals surface area (Å²) in [6.45, 7) is 4.47. The van der Waals surface area contributed by atoms with Gasteiger partial charge in [-0.2, -0.15) is 0 Å². The molecule has 208 valence electrons. The molecule has 0 saturated heterocycles. The normalized spacial score (nSPS) is 12.2. The molecule has 3 aromatic rings. The van der Waals surface area contributed by atoms with Crippen molar-refractivity contribution < 1.29 is 22.4 Å². The number of carbonyl (C=O) groups is 2. The van der Waals surface area contributed by atoms with E-state index in [1.807, 2.05) is 30.3 Å². The van der Waals surface area contributed by atoms with E-state index in [0.29, 0.717) is 10.6 Å². The van der Waals surface area contributed by atoms with E-state index in [0.717, 1.165) is 16.1 Å². The summed E-state index contributed by atoms with van der Waals surface area (Å²) in [4.78, 5) is 28.7. The minimum absolute atomic E-state index is 0.151. The molecule has 1 N–H and O–H groups in total. The van der Waals surface area contributed by atoms with Gasteiger partial charge in [-0.25, -0.2) is 12.8 Å². The fraction of sp³-hybridized carbons (Fsp3) is 0.310. The zero-order valence-corrected chi connectivity index (χ0v) is 24.0. The molecule has 0 aliphatic rings. The second-order valence-electron chi connectivity index (χ2n) is 9.68. The lowest BCUT2D eigenvalue weighted by Crippen LogP contribution is -2.54. The maximum absolute atomic E-state index is 14.8. The number of anilines is 1. The number of amides is 2. The summed E-state index contributed by atoms with van der Waals surface area (Å²) in [5.41, 5.74) is 1.84. The predicted octanol–water partition coefficient (Wildman–Crippen LogP) is 4.72. The maximum atomic E-state index is 14.8. The van der Waals surface area contributed by atoms with Crippen LogP contribution < -0.4 is 9.62 Å². The van der Waals surface area contributed by atoms with Crippen LogP contribution in [0.25, 0.3) is 0 Å². The number of hydrogen-bond donors (Lipinski definition) is 1. The first-order chi connectivity index (χ1) is 18.4. The predicted molar refractivity (Wildman–Crippen MR) is 153 cm³/mol. The smallest absolute Gasteiger partial charge is 0.244 e. The molecule has 0 fully saturated rings. The van der Waals surface area contributed by atoms with Gasteiger partial charge in [0.25, 0.3) is 0 Å². The van der Waals surface area contributed by atoms with Crippen molar-refractivity contribution in [3.63, 3.8) is 0 Å². The van der Waals surface area contributed by atoms with Gasteiger partial charge < -0.3 is 10.2 Å². The second kappa shape index (κ2) is 13.1. The van der Waals surface area contributed by atoms with Crippen molar-refractivity contribution in [3.8, 4) is 0 Å². The molecule has 0 aliphatic carbocycles.